The molecule has 1 atom stereocenters. The van der Waals surface area contributed by atoms with E-state index < -0.39 is 6.10 Å². The molecule has 1 fully saturated rings. The molecular formula is C20H23ClN4O. The second-order valence-corrected chi connectivity index (χ2v) is 6.51. The van der Waals surface area contributed by atoms with Crippen molar-refractivity contribution in [1.29, 1.82) is 0 Å². The number of nitrogens with zero attached hydrogens (tertiary/aromatic N) is 3. The predicted octanol–water partition coefficient (Wildman–Crippen LogP) is 4.45. The molecule has 0 saturated carbocycles. The van der Waals surface area contributed by atoms with E-state index in [0.29, 0.717) is 5.95 Å². The number of aromatic nitrogens is 2. The van der Waals surface area contributed by atoms with Gasteiger partial charge in [-0.05, 0) is 49.6 Å². The second-order valence-electron chi connectivity index (χ2n) is 6.51. The summed E-state index contributed by atoms with van der Waals surface area (Å²) in [5.41, 5.74) is 2.68. The minimum Gasteiger partial charge on any atom is -0.389 e. The third kappa shape index (κ3) is 3.74. The Morgan fingerprint density at radius 3 is 2.58 bits per heavy atom. The monoisotopic (exact) mass is 370 g/mol. The van der Waals surface area contributed by atoms with E-state index in [0.717, 1.165) is 41.1 Å². The summed E-state index contributed by atoms with van der Waals surface area (Å²) < 4.78 is 0. The van der Waals surface area contributed by atoms with Gasteiger partial charge in [-0.25, -0.2) is 4.98 Å². The molecule has 6 heteroatoms. The molecule has 2 aromatic carbocycles. The Labute approximate surface area is 159 Å². The third-order valence-electron chi connectivity index (χ3n) is 4.61. The summed E-state index contributed by atoms with van der Waals surface area (Å²) in [6.07, 6.45) is 1.91. The fourth-order valence-electron chi connectivity index (χ4n) is 3.29. The number of fused-ring (bicyclic) bond motifs is 1. The van der Waals surface area contributed by atoms with Crippen LogP contribution in [0, 0.1) is 0 Å². The van der Waals surface area contributed by atoms with Gasteiger partial charge < -0.3 is 15.3 Å². The molecule has 0 amide bonds. The number of aliphatic hydroxyl groups is 1. The van der Waals surface area contributed by atoms with Crippen molar-refractivity contribution in [2.24, 2.45) is 0 Å². The number of hydrogen-bond acceptors (Lipinski definition) is 5. The first-order valence-corrected chi connectivity index (χ1v) is 8.77. The maximum Gasteiger partial charge on any atom is 0.229 e. The molecule has 2 N–H and O–H groups in total. The van der Waals surface area contributed by atoms with Gasteiger partial charge >= 0.3 is 0 Å². The summed E-state index contributed by atoms with van der Waals surface area (Å²) in [6, 6.07) is 15.9. The topological polar surface area (TPSA) is 61.3 Å². The number of nitrogens with one attached hydrogen (secondary N) is 1. The van der Waals surface area contributed by atoms with Gasteiger partial charge in [-0.3, -0.25) is 0 Å². The molecule has 0 aliphatic carbocycles. The van der Waals surface area contributed by atoms with Crippen LogP contribution in [0.2, 0.25) is 0 Å². The third-order valence-corrected chi connectivity index (χ3v) is 4.61. The van der Waals surface area contributed by atoms with Crippen molar-refractivity contribution in [1.82, 2.24) is 9.97 Å². The van der Waals surface area contributed by atoms with Gasteiger partial charge in [-0.1, -0.05) is 24.3 Å². The number of halogens is 1. The number of rotatable bonds is 4. The molecule has 1 aliphatic heterocycles. The Bertz CT molecular complexity index is 894. The summed E-state index contributed by atoms with van der Waals surface area (Å²) in [5, 5.41) is 14.2. The molecule has 2 heterocycles. The average Bonchev–Trinajstić information content (AvgIpc) is 3.16. The molecule has 0 spiro atoms. The summed E-state index contributed by atoms with van der Waals surface area (Å²) in [7, 11) is 0. The fourth-order valence-corrected chi connectivity index (χ4v) is 3.29. The van der Waals surface area contributed by atoms with Gasteiger partial charge in [0.15, 0.2) is 0 Å². The Hall–Kier alpha value is -2.37. The molecule has 1 unspecified atom stereocenters. The lowest BCUT2D eigenvalue weighted by molar-refractivity contribution is 0.199. The van der Waals surface area contributed by atoms with E-state index in [1.54, 1.807) is 6.92 Å². The van der Waals surface area contributed by atoms with Crippen LogP contribution >= 0.6 is 12.4 Å². The molecule has 0 bridgehead atoms. The van der Waals surface area contributed by atoms with Crippen molar-refractivity contribution < 1.29 is 5.11 Å². The first kappa shape index (κ1) is 18.4. The highest BCUT2D eigenvalue weighted by atomic mass is 35.5. The van der Waals surface area contributed by atoms with Crippen molar-refractivity contribution in [3.63, 3.8) is 0 Å². The van der Waals surface area contributed by atoms with E-state index >= 15 is 0 Å². The molecular weight excluding hydrogens is 348 g/mol. The Kier molecular flexibility index (Phi) is 5.59. The van der Waals surface area contributed by atoms with Gasteiger partial charge in [0.1, 0.15) is 5.82 Å². The molecule has 26 heavy (non-hydrogen) atoms. The molecule has 136 valence electrons. The zero-order valence-electron chi connectivity index (χ0n) is 14.7. The Morgan fingerprint density at radius 2 is 1.81 bits per heavy atom. The zero-order chi connectivity index (χ0) is 17.2. The summed E-state index contributed by atoms with van der Waals surface area (Å²) in [5.74, 6) is 1.58. The highest BCUT2D eigenvalue weighted by Crippen LogP contribution is 2.29. The summed E-state index contributed by atoms with van der Waals surface area (Å²) in [4.78, 5) is 11.8. The van der Waals surface area contributed by atoms with Crippen molar-refractivity contribution in [2.45, 2.75) is 25.9 Å². The fraction of sp³-hybridized carbons (Fsp3) is 0.300. The van der Waals surface area contributed by atoms with Gasteiger partial charge in [0.05, 0.1) is 11.6 Å². The van der Waals surface area contributed by atoms with Crippen LogP contribution in [0.4, 0.5) is 17.5 Å². The molecule has 5 nitrogen and oxygen atoms in total. The van der Waals surface area contributed by atoms with E-state index in [1.165, 1.54) is 12.8 Å². The van der Waals surface area contributed by atoms with E-state index in [1.807, 2.05) is 42.5 Å². The molecule has 3 aromatic rings. The average molecular weight is 371 g/mol. The van der Waals surface area contributed by atoms with Crippen LogP contribution in [-0.4, -0.2) is 28.2 Å². The maximum absolute atomic E-state index is 9.78. The normalized spacial score (nSPS) is 14.9. The lowest BCUT2D eigenvalue weighted by Crippen LogP contribution is -2.20. The van der Waals surface area contributed by atoms with E-state index in [9.17, 15) is 5.11 Å². The Balaban J connectivity index is 0.00000196. The predicted molar refractivity (Wildman–Crippen MR) is 109 cm³/mol. The number of benzene rings is 2. The quantitative estimate of drug-likeness (QED) is 0.710. The standard InChI is InChI=1S/C20H22N4O.ClH/c1-14(25)15-7-6-8-16(13-15)21-20-22-18-10-3-2-9-17(18)19(23-20)24-11-4-5-12-24;/h2-3,6-10,13-14,25H,4-5,11-12H2,1H3,(H,21,22,23);1H. The summed E-state index contributed by atoms with van der Waals surface area (Å²) in [6.45, 7) is 3.84. The van der Waals surface area contributed by atoms with Crippen LogP contribution < -0.4 is 10.2 Å². The zero-order valence-corrected chi connectivity index (χ0v) is 15.5. The van der Waals surface area contributed by atoms with Gasteiger partial charge in [-0.2, -0.15) is 4.98 Å². The largest absolute Gasteiger partial charge is 0.389 e. The van der Waals surface area contributed by atoms with E-state index in [-0.39, 0.29) is 12.4 Å². The molecule has 1 aromatic heterocycles. The number of hydrogen-bond donors (Lipinski definition) is 2. The van der Waals surface area contributed by atoms with Crippen LogP contribution in [0.5, 0.6) is 0 Å². The second kappa shape index (κ2) is 7.89. The van der Waals surface area contributed by atoms with E-state index in [2.05, 4.69) is 21.3 Å². The van der Waals surface area contributed by atoms with Crippen LogP contribution in [0.3, 0.4) is 0 Å². The van der Waals surface area contributed by atoms with Crippen LogP contribution in [0.25, 0.3) is 10.9 Å². The van der Waals surface area contributed by atoms with Gasteiger partial charge in [0, 0.05) is 24.2 Å². The number of aliphatic hydroxyl groups excluding tert-OH is 1. The summed E-state index contributed by atoms with van der Waals surface area (Å²) >= 11 is 0. The minimum absolute atomic E-state index is 0. The number of para-hydroxylation sites is 1. The highest BCUT2D eigenvalue weighted by Gasteiger charge is 2.18. The van der Waals surface area contributed by atoms with Crippen LogP contribution in [0.1, 0.15) is 31.4 Å². The van der Waals surface area contributed by atoms with Crippen molar-refractivity contribution in [3.8, 4) is 0 Å². The van der Waals surface area contributed by atoms with Crippen molar-refractivity contribution >= 4 is 40.8 Å². The molecule has 4 rings (SSSR count). The van der Waals surface area contributed by atoms with Gasteiger partial charge in [-0.15, -0.1) is 12.4 Å². The van der Waals surface area contributed by atoms with E-state index in [4.69, 9.17) is 4.98 Å². The number of anilines is 3. The molecule has 1 saturated heterocycles. The minimum atomic E-state index is -0.501. The van der Waals surface area contributed by atoms with Gasteiger partial charge in [0.25, 0.3) is 0 Å². The smallest absolute Gasteiger partial charge is 0.229 e. The SMILES string of the molecule is CC(O)c1cccc(Nc2nc(N3CCCC3)c3ccccc3n2)c1.Cl. The molecule has 0 radical (unpaired) electrons. The first-order chi connectivity index (χ1) is 12.2. The van der Waals surface area contributed by atoms with Crippen LogP contribution in [-0.2, 0) is 0 Å². The highest BCUT2D eigenvalue weighted by molar-refractivity contribution is 5.90. The maximum atomic E-state index is 9.78. The Morgan fingerprint density at radius 1 is 1.04 bits per heavy atom. The van der Waals surface area contributed by atoms with Gasteiger partial charge in [0.2, 0.25) is 5.95 Å². The first-order valence-electron chi connectivity index (χ1n) is 8.77. The lowest BCUT2D eigenvalue weighted by atomic mass is 10.1. The van der Waals surface area contributed by atoms with Crippen molar-refractivity contribution in [2.75, 3.05) is 23.3 Å². The van der Waals surface area contributed by atoms with Crippen molar-refractivity contribution in [3.05, 3.63) is 54.1 Å². The van der Waals surface area contributed by atoms with Crippen LogP contribution in [0.15, 0.2) is 48.5 Å². The molecule has 1 aliphatic rings. The lowest BCUT2D eigenvalue weighted by Gasteiger charge is -2.19.